The van der Waals surface area contributed by atoms with Crippen LogP contribution >= 0.6 is 0 Å². The molecule has 0 heterocycles. The van der Waals surface area contributed by atoms with Crippen molar-refractivity contribution < 1.29 is 29.7 Å². The van der Waals surface area contributed by atoms with Gasteiger partial charge in [-0.1, -0.05) is 0 Å². The lowest BCUT2D eigenvalue weighted by Gasteiger charge is -2.51. The number of carbonyl (C=O) groups excluding carboxylic acids is 3. The first-order valence-electron chi connectivity index (χ1n) is 10.6. The molecule has 4 rings (SSSR count). The van der Waals surface area contributed by atoms with E-state index in [9.17, 15) is 29.7 Å². The Morgan fingerprint density at radius 3 is 2.33 bits per heavy atom. The van der Waals surface area contributed by atoms with E-state index in [0.717, 1.165) is 5.69 Å². The number of likely N-dealkylation sites (N-methyl/N-ethyl adjacent to an activating group) is 1. The van der Waals surface area contributed by atoms with Crippen LogP contribution in [0.15, 0.2) is 34.7 Å². The highest BCUT2D eigenvalue weighted by atomic mass is 16.3. The molecule has 0 saturated heterocycles. The molecule has 33 heavy (non-hydrogen) atoms. The number of nitrogens with zero attached hydrogens (tertiary/aromatic N) is 2. The maximum Gasteiger partial charge on any atom is 0.255 e. The molecule has 4 unspecified atom stereocenters. The van der Waals surface area contributed by atoms with Crippen molar-refractivity contribution in [2.45, 2.75) is 24.5 Å². The minimum Gasteiger partial charge on any atom is -0.508 e. The van der Waals surface area contributed by atoms with Crippen LogP contribution in [0.25, 0.3) is 0 Å². The van der Waals surface area contributed by atoms with Gasteiger partial charge in [-0.2, -0.15) is 0 Å². The number of ketones is 2. The molecule has 0 bridgehead atoms. The topological polar surface area (TPSA) is 170 Å². The lowest BCUT2D eigenvalue weighted by Crippen LogP contribution is -2.64. The number of hydrogen-bond acceptors (Lipinski definition) is 9. The molecule has 176 valence electrons. The van der Waals surface area contributed by atoms with Gasteiger partial charge in [0.25, 0.3) is 5.91 Å². The van der Waals surface area contributed by atoms with Gasteiger partial charge in [0.15, 0.2) is 17.2 Å². The Morgan fingerprint density at radius 2 is 1.79 bits per heavy atom. The number of allylic oxidation sites excluding steroid dienone is 1. The second-order valence-electron chi connectivity index (χ2n) is 9.38. The van der Waals surface area contributed by atoms with E-state index in [1.807, 2.05) is 19.0 Å². The van der Waals surface area contributed by atoms with Gasteiger partial charge in [-0.25, -0.2) is 0 Å². The minimum absolute atomic E-state index is 0.0645. The molecule has 4 atom stereocenters. The fourth-order valence-corrected chi connectivity index (χ4v) is 5.73. The van der Waals surface area contributed by atoms with Crippen LogP contribution < -0.4 is 16.4 Å². The largest absolute Gasteiger partial charge is 0.508 e. The molecule has 0 aliphatic heterocycles. The van der Waals surface area contributed by atoms with Crippen LogP contribution in [0, 0.1) is 11.8 Å². The number of aliphatic hydroxyl groups is 2. The summed E-state index contributed by atoms with van der Waals surface area (Å²) < 4.78 is 0. The third-order valence-corrected chi connectivity index (χ3v) is 7.15. The number of primary amides is 1. The van der Waals surface area contributed by atoms with Crippen molar-refractivity contribution in [2.24, 2.45) is 23.3 Å². The van der Waals surface area contributed by atoms with E-state index < -0.39 is 52.3 Å². The molecule has 1 aromatic rings. The molecule has 0 aromatic heterocycles. The Balaban J connectivity index is 2.00. The predicted molar refractivity (Wildman–Crippen MR) is 120 cm³/mol. The summed E-state index contributed by atoms with van der Waals surface area (Å²) in [4.78, 5) is 42.1. The summed E-state index contributed by atoms with van der Waals surface area (Å²) >= 11 is 0. The fraction of sp³-hybridized carbons (Fsp3) is 0.435. The third kappa shape index (κ3) is 2.90. The molecule has 0 spiro atoms. The van der Waals surface area contributed by atoms with Crippen molar-refractivity contribution in [1.82, 2.24) is 4.90 Å². The summed E-state index contributed by atoms with van der Waals surface area (Å²) in [7, 11) is 6.88. The molecular formula is C23H28N4O6. The zero-order valence-corrected chi connectivity index (χ0v) is 18.9. The number of aromatic hydroxyl groups is 1. The van der Waals surface area contributed by atoms with Crippen LogP contribution in [0.3, 0.4) is 0 Å². The summed E-state index contributed by atoms with van der Waals surface area (Å²) in [5.41, 5.74) is 9.91. The molecule has 7 N–H and O–H groups in total. The summed E-state index contributed by atoms with van der Waals surface area (Å²) in [6.07, 6.45) is 0.484. The molecule has 3 aliphatic carbocycles. The zero-order chi connectivity index (χ0) is 24.6. The van der Waals surface area contributed by atoms with Gasteiger partial charge >= 0.3 is 0 Å². The van der Waals surface area contributed by atoms with Crippen molar-refractivity contribution in [3.8, 4) is 5.75 Å². The summed E-state index contributed by atoms with van der Waals surface area (Å²) in [6.45, 7) is 0. The van der Waals surface area contributed by atoms with Crippen LogP contribution in [0.4, 0.5) is 5.69 Å². The summed E-state index contributed by atoms with van der Waals surface area (Å²) in [5.74, 6) is -4.99. The lowest BCUT2D eigenvalue weighted by atomic mass is 9.58. The minimum atomic E-state index is -2.33. The molecule has 3 aliphatic rings. The number of benzene rings is 1. The summed E-state index contributed by atoms with van der Waals surface area (Å²) in [5, 5.41) is 33.1. The number of Topliss-reactive ketones (excluding diaryl/α,β-unsaturated/α-hetero) is 2. The predicted octanol–water partition coefficient (Wildman–Crippen LogP) is -0.413. The standard InChI is InChI=1S/C23H28N4O6/c1-26(2)12-5-6-13(28)15-10(12)7-9-8-11-17(27(3)4)19(30)16(22(25)32)21(31)23(11,33)20(24)14(9)18(15)29/h5-6,9,11,17,28,31,33H,7-8,24H2,1-4H3,(H2,25,32). The van der Waals surface area contributed by atoms with E-state index >= 15 is 0 Å². The average molecular weight is 456 g/mol. The molecule has 0 fully saturated rings. The van der Waals surface area contributed by atoms with E-state index in [0.29, 0.717) is 12.0 Å². The van der Waals surface area contributed by atoms with E-state index in [1.165, 1.54) is 6.07 Å². The smallest absolute Gasteiger partial charge is 0.255 e. The first-order chi connectivity index (χ1) is 15.3. The molecular weight excluding hydrogens is 428 g/mol. The van der Waals surface area contributed by atoms with E-state index in [1.54, 1.807) is 25.1 Å². The zero-order valence-electron chi connectivity index (χ0n) is 18.9. The number of fused-ring (bicyclic) bond motifs is 3. The lowest BCUT2D eigenvalue weighted by molar-refractivity contribution is -0.134. The maximum absolute atomic E-state index is 13.6. The first kappa shape index (κ1) is 22.8. The van der Waals surface area contributed by atoms with Gasteiger partial charge < -0.3 is 31.7 Å². The highest BCUT2D eigenvalue weighted by Crippen LogP contribution is 2.53. The van der Waals surface area contributed by atoms with Gasteiger partial charge in [-0.05, 0) is 50.6 Å². The molecule has 0 saturated carbocycles. The normalized spacial score (nSPS) is 29.1. The van der Waals surface area contributed by atoms with Crippen LogP contribution in [-0.2, 0) is 16.0 Å². The first-order valence-corrected chi connectivity index (χ1v) is 10.6. The second kappa shape index (κ2) is 7.32. The molecule has 10 nitrogen and oxygen atoms in total. The fourth-order valence-electron chi connectivity index (χ4n) is 5.73. The highest BCUT2D eigenvalue weighted by molar-refractivity contribution is 6.22. The number of phenols is 1. The van der Waals surface area contributed by atoms with Crippen LogP contribution in [0.1, 0.15) is 22.3 Å². The van der Waals surface area contributed by atoms with E-state index in [-0.39, 0.29) is 29.0 Å². The number of phenolic OH excluding ortho intramolecular Hbond substituents is 1. The van der Waals surface area contributed by atoms with Crippen molar-refractivity contribution >= 4 is 23.2 Å². The highest BCUT2D eigenvalue weighted by Gasteiger charge is 2.61. The van der Waals surface area contributed by atoms with Gasteiger partial charge in [0.1, 0.15) is 17.1 Å². The molecule has 1 aromatic carbocycles. The number of hydrogen-bond donors (Lipinski definition) is 5. The molecule has 10 heteroatoms. The van der Waals surface area contributed by atoms with Crippen LogP contribution in [0.5, 0.6) is 5.75 Å². The van der Waals surface area contributed by atoms with Crippen molar-refractivity contribution in [1.29, 1.82) is 0 Å². The molecule has 1 amide bonds. The van der Waals surface area contributed by atoms with Crippen molar-refractivity contribution in [3.63, 3.8) is 0 Å². The number of rotatable bonds is 3. The number of anilines is 1. The van der Waals surface area contributed by atoms with Gasteiger partial charge in [0.05, 0.1) is 17.3 Å². The molecule has 0 radical (unpaired) electrons. The van der Waals surface area contributed by atoms with Gasteiger partial charge in [-0.15, -0.1) is 0 Å². The van der Waals surface area contributed by atoms with Gasteiger partial charge in [-0.3, -0.25) is 19.3 Å². The number of carbonyl (C=O) groups is 3. The van der Waals surface area contributed by atoms with Crippen LogP contribution in [-0.4, -0.2) is 77.5 Å². The Labute approximate surface area is 190 Å². The second-order valence-corrected chi connectivity index (χ2v) is 9.38. The van der Waals surface area contributed by atoms with Crippen molar-refractivity contribution in [2.75, 3.05) is 33.1 Å². The maximum atomic E-state index is 13.6. The van der Waals surface area contributed by atoms with Gasteiger partial charge in [0.2, 0.25) is 0 Å². The van der Waals surface area contributed by atoms with E-state index in [2.05, 4.69) is 0 Å². The number of nitrogens with two attached hydrogens (primary N) is 2. The monoisotopic (exact) mass is 456 g/mol. The third-order valence-electron chi connectivity index (χ3n) is 7.15. The Morgan fingerprint density at radius 1 is 1.15 bits per heavy atom. The average Bonchev–Trinajstić information content (AvgIpc) is 2.70. The summed E-state index contributed by atoms with van der Waals surface area (Å²) in [6, 6.07) is 2.15. The quantitative estimate of drug-likeness (QED) is 0.379. The SMILES string of the molecule is CN(C)c1ccc(O)c2c1CC1CC3C(N(C)C)C(=O)C(C(N)=O)=C(O)C3(O)C(N)=C1C2=O. The Hall–Kier alpha value is -3.37. The van der Waals surface area contributed by atoms with E-state index in [4.69, 9.17) is 11.5 Å². The van der Waals surface area contributed by atoms with Crippen molar-refractivity contribution in [3.05, 3.63) is 45.9 Å². The number of aliphatic hydroxyl groups excluding tert-OH is 1. The Kier molecular flexibility index (Phi) is 5.06. The Bertz CT molecular complexity index is 1170. The van der Waals surface area contributed by atoms with Gasteiger partial charge in [0, 0.05) is 31.3 Å². The van der Waals surface area contributed by atoms with Crippen LogP contribution in [0.2, 0.25) is 0 Å². The number of amides is 1.